The van der Waals surface area contributed by atoms with Crippen LogP contribution in [0.1, 0.15) is 45.5 Å². The Bertz CT molecular complexity index is 721. The first-order valence-electron chi connectivity index (χ1n) is 7.92. The number of likely N-dealkylation sites (tertiary alicyclic amines) is 1. The second-order valence-electron chi connectivity index (χ2n) is 6.78. The molecule has 3 rings (SSSR count). The lowest BCUT2D eigenvalue weighted by molar-refractivity contribution is 0.0204. The summed E-state index contributed by atoms with van der Waals surface area (Å²) in [6, 6.07) is 7.65. The van der Waals surface area contributed by atoms with Crippen LogP contribution >= 0.6 is 22.6 Å². The fraction of sp³-hybridized carbons (Fsp3) is 0.471. The largest absolute Gasteiger partial charge is 0.444 e. The summed E-state index contributed by atoms with van der Waals surface area (Å²) in [5, 5.41) is 8.29. The Morgan fingerprint density at radius 2 is 2.00 bits per heavy atom. The molecule has 6 nitrogen and oxygen atoms in total. The number of amides is 1. The van der Waals surface area contributed by atoms with Crippen molar-refractivity contribution in [2.45, 2.75) is 45.3 Å². The molecule has 0 spiro atoms. The lowest BCUT2D eigenvalue weighted by atomic mass is 10.2. The highest BCUT2D eigenvalue weighted by atomic mass is 127. The van der Waals surface area contributed by atoms with Gasteiger partial charge in [-0.3, -0.25) is 4.90 Å². The van der Waals surface area contributed by atoms with Crippen molar-refractivity contribution in [1.29, 1.82) is 0 Å². The SMILES string of the molecule is CC(C)(C)OC(=O)N1CCC[C@@H]1c1nnc(-c2ccc(I)cc2)o1. The molecule has 1 amide bonds. The van der Waals surface area contributed by atoms with Gasteiger partial charge in [0.2, 0.25) is 11.8 Å². The van der Waals surface area contributed by atoms with E-state index in [0.717, 1.165) is 22.0 Å². The number of aromatic nitrogens is 2. The van der Waals surface area contributed by atoms with Gasteiger partial charge in [0.05, 0.1) is 0 Å². The van der Waals surface area contributed by atoms with Crippen molar-refractivity contribution in [2.75, 3.05) is 6.54 Å². The fourth-order valence-corrected chi connectivity index (χ4v) is 3.00. The molecule has 1 aliphatic heterocycles. The Balaban J connectivity index is 1.78. The van der Waals surface area contributed by atoms with Crippen LogP contribution in [0.5, 0.6) is 0 Å². The van der Waals surface area contributed by atoms with Crippen molar-refractivity contribution in [3.05, 3.63) is 33.7 Å². The van der Waals surface area contributed by atoms with Crippen molar-refractivity contribution >= 4 is 28.7 Å². The topological polar surface area (TPSA) is 68.5 Å². The lowest BCUT2D eigenvalue weighted by Gasteiger charge is -2.27. The quantitative estimate of drug-likeness (QED) is 0.646. The first-order chi connectivity index (χ1) is 11.3. The summed E-state index contributed by atoms with van der Waals surface area (Å²) in [6.07, 6.45) is 1.36. The molecule has 0 unspecified atom stereocenters. The van der Waals surface area contributed by atoms with Gasteiger partial charge >= 0.3 is 6.09 Å². The summed E-state index contributed by atoms with van der Waals surface area (Å²) in [4.78, 5) is 14.0. The Labute approximate surface area is 154 Å². The van der Waals surface area contributed by atoms with Gasteiger partial charge in [0.1, 0.15) is 11.6 Å². The van der Waals surface area contributed by atoms with E-state index < -0.39 is 5.60 Å². The number of ether oxygens (including phenoxy) is 1. The average molecular weight is 441 g/mol. The Morgan fingerprint density at radius 3 is 2.67 bits per heavy atom. The van der Waals surface area contributed by atoms with Gasteiger partial charge in [-0.1, -0.05) is 0 Å². The van der Waals surface area contributed by atoms with E-state index in [1.165, 1.54) is 0 Å². The molecule has 2 heterocycles. The fourth-order valence-electron chi connectivity index (χ4n) is 2.64. The molecule has 0 radical (unpaired) electrons. The molecular formula is C17H20IN3O3. The highest BCUT2D eigenvalue weighted by Crippen LogP contribution is 2.33. The second-order valence-corrected chi connectivity index (χ2v) is 8.03. The normalized spacial score (nSPS) is 18.0. The molecule has 0 N–H and O–H groups in total. The van der Waals surface area contributed by atoms with E-state index in [1.807, 2.05) is 45.0 Å². The first-order valence-corrected chi connectivity index (χ1v) is 9.00. The molecule has 0 aliphatic carbocycles. The van der Waals surface area contributed by atoms with Crippen molar-refractivity contribution in [3.63, 3.8) is 0 Å². The molecule has 1 saturated heterocycles. The van der Waals surface area contributed by atoms with Crippen LogP contribution in [0.2, 0.25) is 0 Å². The number of hydrogen-bond donors (Lipinski definition) is 0. The van der Waals surface area contributed by atoms with Crippen molar-refractivity contribution in [1.82, 2.24) is 15.1 Å². The minimum atomic E-state index is -0.522. The minimum Gasteiger partial charge on any atom is -0.444 e. The van der Waals surface area contributed by atoms with E-state index in [2.05, 4.69) is 32.8 Å². The zero-order chi connectivity index (χ0) is 17.3. The molecule has 1 fully saturated rings. The average Bonchev–Trinajstić information content (AvgIpc) is 3.15. The molecule has 2 aromatic rings. The third kappa shape index (κ3) is 3.88. The standard InChI is InChI=1S/C17H20IN3O3/c1-17(2,3)24-16(22)21-10-4-5-13(21)15-20-19-14(23-15)11-6-8-12(18)9-7-11/h6-9,13H,4-5,10H2,1-3H3/t13-/m1/s1. The third-order valence-corrected chi connectivity index (χ3v) is 4.42. The molecule has 24 heavy (non-hydrogen) atoms. The minimum absolute atomic E-state index is 0.218. The van der Waals surface area contributed by atoms with Crippen LogP contribution in [-0.4, -0.2) is 33.3 Å². The third-order valence-electron chi connectivity index (χ3n) is 3.70. The van der Waals surface area contributed by atoms with Gasteiger partial charge in [0.15, 0.2) is 0 Å². The maximum absolute atomic E-state index is 12.4. The number of hydrogen-bond acceptors (Lipinski definition) is 5. The van der Waals surface area contributed by atoms with Gasteiger partial charge in [-0.15, -0.1) is 10.2 Å². The number of benzene rings is 1. The number of carbonyl (C=O) groups excluding carboxylic acids is 1. The molecule has 1 atom stereocenters. The van der Waals surface area contributed by atoms with E-state index in [0.29, 0.717) is 18.3 Å². The van der Waals surface area contributed by atoms with Crippen molar-refractivity contribution in [2.24, 2.45) is 0 Å². The van der Waals surface area contributed by atoms with Crippen LogP contribution in [0, 0.1) is 3.57 Å². The predicted octanol–water partition coefficient (Wildman–Crippen LogP) is 4.41. The van der Waals surface area contributed by atoms with Crippen LogP contribution in [0.25, 0.3) is 11.5 Å². The van der Waals surface area contributed by atoms with Crippen LogP contribution in [0.15, 0.2) is 28.7 Å². The number of nitrogens with zero attached hydrogens (tertiary/aromatic N) is 3. The highest BCUT2D eigenvalue weighted by molar-refractivity contribution is 14.1. The summed E-state index contributed by atoms with van der Waals surface area (Å²) >= 11 is 2.25. The Hall–Kier alpha value is -1.64. The van der Waals surface area contributed by atoms with E-state index >= 15 is 0 Å². The number of halogens is 1. The van der Waals surface area contributed by atoms with Gasteiger partial charge in [-0.25, -0.2) is 4.79 Å². The van der Waals surface area contributed by atoms with Crippen molar-refractivity contribution in [3.8, 4) is 11.5 Å². The van der Waals surface area contributed by atoms with E-state index in [9.17, 15) is 4.79 Å². The Kier molecular flexibility index (Phi) is 4.80. The van der Waals surface area contributed by atoms with Gasteiger partial charge in [-0.05, 0) is 80.5 Å². The molecule has 1 aliphatic rings. The molecule has 7 heteroatoms. The Morgan fingerprint density at radius 1 is 1.29 bits per heavy atom. The summed E-state index contributed by atoms with van der Waals surface area (Å²) < 4.78 is 12.4. The highest BCUT2D eigenvalue weighted by Gasteiger charge is 2.36. The number of carbonyl (C=O) groups is 1. The zero-order valence-electron chi connectivity index (χ0n) is 14.0. The van der Waals surface area contributed by atoms with Gasteiger partial charge < -0.3 is 9.15 Å². The van der Waals surface area contributed by atoms with Gasteiger partial charge in [0, 0.05) is 15.7 Å². The van der Waals surface area contributed by atoms with Gasteiger partial charge in [-0.2, -0.15) is 0 Å². The smallest absolute Gasteiger partial charge is 0.410 e. The van der Waals surface area contributed by atoms with Gasteiger partial charge in [0.25, 0.3) is 0 Å². The zero-order valence-corrected chi connectivity index (χ0v) is 16.1. The van der Waals surface area contributed by atoms with Crippen LogP contribution in [0.4, 0.5) is 4.79 Å². The first kappa shape index (κ1) is 17.2. The second kappa shape index (κ2) is 6.70. The molecule has 128 valence electrons. The number of rotatable bonds is 2. The van der Waals surface area contributed by atoms with Crippen LogP contribution < -0.4 is 0 Å². The summed E-state index contributed by atoms with van der Waals surface area (Å²) in [5.74, 6) is 0.935. The van der Waals surface area contributed by atoms with Crippen molar-refractivity contribution < 1.29 is 13.9 Å². The van der Waals surface area contributed by atoms with Crippen LogP contribution in [-0.2, 0) is 4.74 Å². The summed E-state index contributed by atoms with van der Waals surface area (Å²) in [6.45, 7) is 6.22. The summed E-state index contributed by atoms with van der Waals surface area (Å²) in [5.41, 5.74) is 0.349. The molecule has 1 aromatic carbocycles. The van der Waals surface area contributed by atoms with E-state index in [1.54, 1.807) is 4.90 Å². The summed E-state index contributed by atoms with van der Waals surface area (Å²) in [7, 11) is 0. The molecule has 0 saturated carbocycles. The lowest BCUT2D eigenvalue weighted by Crippen LogP contribution is -2.36. The molecule has 1 aromatic heterocycles. The monoisotopic (exact) mass is 441 g/mol. The van der Waals surface area contributed by atoms with Crippen LogP contribution in [0.3, 0.4) is 0 Å². The molecule has 0 bridgehead atoms. The maximum atomic E-state index is 12.4. The van der Waals surface area contributed by atoms with E-state index in [4.69, 9.17) is 9.15 Å². The maximum Gasteiger partial charge on any atom is 0.410 e. The molecular weight excluding hydrogens is 421 g/mol. The predicted molar refractivity (Wildman–Crippen MR) is 97.4 cm³/mol. The van der Waals surface area contributed by atoms with E-state index in [-0.39, 0.29) is 12.1 Å².